The highest BCUT2D eigenvalue weighted by Crippen LogP contribution is 2.26. The normalized spacial score (nSPS) is 10.3. The van der Waals surface area contributed by atoms with Crippen LogP contribution in [-0.4, -0.2) is 6.10 Å². The van der Waals surface area contributed by atoms with E-state index in [4.69, 9.17) is 10.00 Å². The molecule has 0 aliphatic heterocycles. The maximum absolute atomic E-state index is 8.97. The molecule has 0 atom stereocenters. The zero-order valence-corrected chi connectivity index (χ0v) is 11.5. The van der Waals surface area contributed by atoms with Gasteiger partial charge in [0.25, 0.3) is 0 Å². The van der Waals surface area contributed by atoms with E-state index in [0.29, 0.717) is 5.56 Å². The Morgan fingerprint density at radius 2 is 1.74 bits per heavy atom. The van der Waals surface area contributed by atoms with Gasteiger partial charge in [-0.1, -0.05) is 18.2 Å². The lowest BCUT2D eigenvalue weighted by atomic mass is 9.98. The Morgan fingerprint density at radius 3 is 2.32 bits per heavy atom. The van der Waals surface area contributed by atoms with Crippen molar-refractivity contribution >= 4 is 0 Å². The van der Waals surface area contributed by atoms with Gasteiger partial charge in [-0.3, -0.25) is 0 Å². The monoisotopic (exact) mass is 251 g/mol. The SMILES string of the molecule is Cc1ccc(C#N)cc1-c1ccc(OC(C)C)cc1. The Bertz CT molecular complexity index is 606. The van der Waals surface area contributed by atoms with E-state index >= 15 is 0 Å². The van der Waals surface area contributed by atoms with Gasteiger partial charge in [0.15, 0.2) is 0 Å². The third kappa shape index (κ3) is 3.14. The summed E-state index contributed by atoms with van der Waals surface area (Å²) in [6.45, 7) is 6.07. The molecule has 96 valence electrons. The molecule has 0 aliphatic carbocycles. The topological polar surface area (TPSA) is 33.0 Å². The van der Waals surface area contributed by atoms with E-state index in [0.717, 1.165) is 22.4 Å². The van der Waals surface area contributed by atoms with Crippen LogP contribution in [0.4, 0.5) is 0 Å². The average Bonchev–Trinajstić information content (AvgIpc) is 2.40. The van der Waals surface area contributed by atoms with Gasteiger partial charge in [0.1, 0.15) is 5.75 Å². The fourth-order valence-corrected chi connectivity index (χ4v) is 1.99. The second-order valence-corrected chi connectivity index (χ2v) is 4.83. The van der Waals surface area contributed by atoms with Gasteiger partial charge in [0.05, 0.1) is 17.7 Å². The third-order valence-corrected chi connectivity index (χ3v) is 2.90. The molecule has 2 nitrogen and oxygen atoms in total. The lowest BCUT2D eigenvalue weighted by Gasteiger charge is -2.11. The Labute approximate surface area is 114 Å². The van der Waals surface area contributed by atoms with E-state index in [2.05, 4.69) is 13.0 Å². The first-order valence-electron chi connectivity index (χ1n) is 6.38. The Balaban J connectivity index is 2.35. The van der Waals surface area contributed by atoms with Crippen LogP contribution in [-0.2, 0) is 0 Å². The number of rotatable bonds is 3. The van der Waals surface area contributed by atoms with Gasteiger partial charge in [-0.05, 0) is 61.7 Å². The van der Waals surface area contributed by atoms with Crippen molar-refractivity contribution in [2.75, 3.05) is 0 Å². The first-order chi connectivity index (χ1) is 9.10. The fraction of sp³-hybridized carbons (Fsp3) is 0.235. The molecule has 0 N–H and O–H groups in total. The minimum atomic E-state index is 0.175. The van der Waals surface area contributed by atoms with Crippen molar-refractivity contribution in [3.63, 3.8) is 0 Å². The van der Waals surface area contributed by atoms with Crippen molar-refractivity contribution in [1.82, 2.24) is 0 Å². The molecule has 0 radical (unpaired) electrons. The number of aryl methyl sites for hydroxylation is 1. The number of nitriles is 1. The molecule has 2 heteroatoms. The summed E-state index contributed by atoms with van der Waals surface area (Å²) in [5, 5.41) is 8.97. The summed E-state index contributed by atoms with van der Waals surface area (Å²) >= 11 is 0. The second-order valence-electron chi connectivity index (χ2n) is 4.83. The summed E-state index contributed by atoms with van der Waals surface area (Å²) < 4.78 is 5.63. The molecule has 0 heterocycles. The molecule has 0 fully saturated rings. The van der Waals surface area contributed by atoms with Gasteiger partial charge in [0.2, 0.25) is 0 Å². The van der Waals surface area contributed by atoms with Gasteiger partial charge >= 0.3 is 0 Å². The van der Waals surface area contributed by atoms with Crippen LogP contribution in [0.15, 0.2) is 42.5 Å². The summed E-state index contributed by atoms with van der Waals surface area (Å²) in [4.78, 5) is 0. The average molecular weight is 251 g/mol. The molecule has 2 aromatic rings. The molecule has 0 unspecified atom stereocenters. The molecule has 0 amide bonds. The molecule has 19 heavy (non-hydrogen) atoms. The fourth-order valence-electron chi connectivity index (χ4n) is 1.99. The Hall–Kier alpha value is -2.27. The molecule has 0 bridgehead atoms. The summed E-state index contributed by atoms with van der Waals surface area (Å²) in [6.07, 6.45) is 0.175. The van der Waals surface area contributed by atoms with Gasteiger partial charge in [0, 0.05) is 0 Å². The van der Waals surface area contributed by atoms with Crippen molar-refractivity contribution in [2.24, 2.45) is 0 Å². The molecule has 2 rings (SSSR count). The van der Waals surface area contributed by atoms with Crippen LogP contribution in [0, 0.1) is 18.3 Å². The highest BCUT2D eigenvalue weighted by molar-refractivity contribution is 5.69. The minimum absolute atomic E-state index is 0.175. The van der Waals surface area contributed by atoms with Crippen LogP contribution in [0.1, 0.15) is 25.0 Å². The van der Waals surface area contributed by atoms with Crippen molar-refractivity contribution in [3.05, 3.63) is 53.6 Å². The van der Waals surface area contributed by atoms with Gasteiger partial charge in [-0.2, -0.15) is 5.26 Å². The molecule has 0 aromatic heterocycles. The van der Waals surface area contributed by atoms with Crippen LogP contribution >= 0.6 is 0 Å². The van der Waals surface area contributed by atoms with Crippen LogP contribution in [0.2, 0.25) is 0 Å². The first kappa shape index (κ1) is 13.2. The highest BCUT2D eigenvalue weighted by atomic mass is 16.5. The lowest BCUT2D eigenvalue weighted by molar-refractivity contribution is 0.242. The number of nitrogens with zero attached hydrogens (tertiary/aromatic N) is 1. The van der Waals surface area contributed by atoms with E-state index < -0.39 is 0 Å². The van der Waals surface area contributed by atoms with Crippen molar-refractivity contribution in [3.8, 4) is 22.9 Å². The summed E-state index contributed by atoms with van der Waals surface area (Å²) in [5.41, 5.74) is 4.04. The second kappa shape index (κ2) is 5.58. The minimum Gasteiger partial charge on any atom is -0.491 e. The molecular weight excluding hydrogens is 234 g/mol. The lowest BCUT2D eigenvalue weighted by Crippen LogP contribution is -2.05. The van der Waals surface area contributed by atoms with Crippen LogP contribution in [0.5, 0.6) is 5.75 Å². The maximum Gasteiger partial charge on any atom is 0.119 e. The van der Waals surface area contributed by atoms with E-state index in [1.54, 1.807) is 0 Å². The zero-order valence-electron chi connectivity index (χ0n) is 11.5. The van der Waals surface area contributed by atoms with E-state index in [1.807, 2.05) is 56.3 Å². The molecule has 0 spiro atoms. The van der Waals surface area contributed by atoms with Crippen LogP contribution in [0.3, 0.4) is 0 Å². The molecule has 0 aliphatic rings. The predicted octanol–water partition coefficient (Wildman–Crippen LogP) is 4.32. The number of hydrogen-bond donors (Lipinski definition) is 0. The number of hydrogen-bond acceptors (Lipinski definition) is 2. The van der Waals surface area contributed by atoms with Crippen LogP contribution < -0.4 is 4.74 Å². The molecule has 2 aromatic carbocycles. The number of benzene rings is 2. The standard InChI is InChI=1S/C17H17NO/c1-12(2)19-16-8-6-15(7-9-16)17-10-14(11-18)5-4-13(17)3/h4-10,12H,1-3H3. The number of ether oxygens (including phenoxy) is 1. The van der Waals surface area contributed by atoms with Crippen molar-refractivity contribution in [1.29, 1.82) is 5.26 Å². The highest BCUT2D eigenvalue weighted by Gasteiger charge is 2.04. The Kier molecular flexibility index (Phi) is 3.87. The molecule has 0 saturated carbocycles. The predicted molar refractivity (Wildman–Crippen MR) is 77.1 cm³/mol. The van der Waals surface area contributed by atoms with Crippen molar-refractivity contribution < 1.29 is 4.74 Å². The summed E-state index contributed by atoms with van der Waals surface area (Å²) in [6, 6.07) is 15.9. The zero-order chi connectivity index (χ0) is 13.8. The van der Waals surface area contributed by atoms with Crippen molar-refractivity contribution in [2.45, 2.75) is 26.9 Å². The Morgan fingerprint density at radius 1 is 1.05 bits per heavy atom. The summed E-state index contributed by atoms with van der Waals surface area (Å²) in [7, 11) is 0. The smallest absolute Gasteiger partial charge is 0.119 e. The molecular formula is C17H17NO. The summed E-state index contributed by atoms with van der Waals surface area (Å²) in [5.74, 6) is 0.868. The van der Waals surface area contributed by atoms with Gasteiger partial charge in [-0.15, -0.1) is 0 Å². The van der Waals surface area contributed by atoms with Gasteiger partial charge < -0.3 is 4.74 Å². The third-order valence-electron chi connectivity index (χ3n) is 2.90. The van der Waals surface area contributed by atoms with Gasteiger partial charge in [-0.25, -0.2) is 0 Å². The first-order valence-corrected chi connectivity index (χ1v) is 6.38. The van der Waals surface area contributed by atoms with Crippen LogP contribution in [0.25, 0.3) is 11.1 Å². The van der Waals surface area contributed by atoms with E-state index in [-0.39, 0.29) is 6.10 Å². The molecule has 0 saturated heterocycles. The quantitative estimate of drug-likeness (QED) is 0.813. The van der Waals surface area contributed by atoms with E-state index in [9.17, 15) is 0 Å². The maximum atomic E-state index is 8.97. The largest absolute Gasteiger partial charge is 0.491 e. The van der Waals surface area contributed by atoms with E-state index in [1.165, 1.54) is 0 Å².